The predicted octanol–water partition coefficient (Wildman–Crippen LogP) is 1.99. The van der Waals surface area contributed by atoms with Gasteiger partial charge in [0, 0.05) is 44.8 Å². The molecule has 2 aliphatic rings. The SMILES string of the molecule is CC1CCCCN1C(=O)CN1CCN(c2ccc(C#N)cc2[N+](=O)[O-])CC1. The van der Waals surface area contributed by atoms with E-state index in [1.54, 1.807) is 12.1 Å². The number of rotatable bonds is 4. The Morgan fingerprint density at radius 3 is 2.63 bits per heavy atom. The molecule has 0 aromatic heterocycles. The van der Waals surface area contributed by atoms with Gasteiger partial charge in [0.1, 0.15) is 5.69 Å². The van der Waals surface area contributed by atoms with Crippen LogP contribution in [0.1, 0.15) is 31.7 Å². The van der Waals surface area contributed by atoms with Crippen LogP contribution in [0, 0.1) is 21.4 Å². The van der Waals surface area contributed by atoms with Crippen LogP contribution in [0.2, 0.25) is 0 Å². The molecule has 3 rings (SSSR count). The molecule has 2 fully saturated rings. The van der Waals surface area contributed by atoms with E-state index >= 15 is 0 Å². The number of hydrogen-bond donors (Lipinski definition) is 0. The van der Waals surface area contributed by atoms with Crippen molar-refractivity contribution >= 4 is 17.3 Å². The molecule has 2 heterocycles. The third-order valence-corrected chi connectivity index (χ3v) is 5.50. The fraction of sp³-hybridized carbons (Fsp3) is 0.579. The Kier molecular flexibility index (Phi) is 5.91. The third-order valence-electron chi connectivity index (χ3n) is 5.50. The van der Waals surface area contributed by atoms with E-state index in [0.717, 1.165) is 19.4 Å². The number of piperidine rings is 1. The summed E-state index contributed by atoms with van der Waals surface area (Å²) in [5.74, 6) is 0.181. The first-order valence-corrected chi connectivity index (χ1v) is 9.45. The molecule has 8 heteroatoms. The Bertz CT molecular complexity index is 752. The van der Waals surface area contributed by atoms with E-state index in [9.17, 15) is 14.9 Å². The van der Waals surface area contributed by atoms with Gasteiger partial charge in [-0.25, -0.2) is 0 Å². The number of nitrogens with zero attached hydrogens (tertiary/aromatic N) is 5. The van der Waals surface area contributed by atoms with Gasteiger partial charge in [0.25, 0.3) is 5.69 Å². The maximum absolute atomic E-state index is 12.6. The standard InChI is InChI=1S/C19H25N5O3/c1-15-4-2-3-7-23(15)19(25)14-21-8-10-22(11-9-21)17-6-5-16(13-20)12-18(17)24(26)27/h5-6,12,15H,2-4,7-11,14H2,1H3. The van der Waals surface area contributed by atoms with Gasteiger partial charge < -0.3 is 9.80 Å². The highest BCUT2D eigenvalue weighted by Gasteiger charge is 2.28. The topological polar surface area (TPSA) is 93.7 Å². The smallest absolute Gasteiger partial charge is 0.293 e. The lowest BCUT2D eigenvalue weighted by Gasteiger charge is -2.38. The minimum atomic E-state index is -0.441. The van der Waals surface area contributed by atoms with E-state index in [0.29, 0.717) is 44.5 Å². The molecule has 1 amide bonds. The molecule has 0 spiro atoms. The lowest BCUT2D eigenvalue weighted by Crippen LogP contribution is -2.52. The van der Waals surface area contributed by atoms with Gasteiger partial charge in [-0.3, -0.25) is 19.8 Å². The van der Waals surface area contributed by atoms with Crippen LogP contribution < -0.4 is 4.90 Å². The van der Waals surface area contributed by atoms with Crippen LogP contribution in [-0.2, 0) is 4.79 Å². The summed E-state index contributed by atoms with van der Waals surface area (Å²) in [7, 11) is 0. The fourth-order valence-electron chi connectivity index (χ4n) is 3.90. The van der Waals surface area contributed by atoms with E-state index in [1.165, 1.54) is 12.5 Å². The van der Waals surface area contributed by atoms with Crippen LogP contribution in [0.25, 0.3) is 0 Å². The fourth-order valence-corrected chi connectivity index (χ4v) is 3.90. The quantitative estimate of drug-likeness (QED) is 0.593. The summed E-state index contributed by atoms with van der Waals surface area (Å²) < 4.78 is 0. The van der Waals surface area contributed by atoms with Crippen molar-refractivity contribution in [2.75, 3.05) is 44.2 Å². The van der Waals surface area contributed by atoms with Gasteiger partial charge in [-0.2, -0.15) is 5.26 Å². The highest BCUT2D eigenvalue weighted by atomic mass is 16.6. The maximum atomic E-state index is 12.6. The average molecular weight is 371 g/mol. The molecular formula is C19H25N5O3. The average Bonchev–Trinajstić information content (AvgIpc) is 2.68. The summed E-state index contributed by atoms with van der Waals surface area (Å²) in [4.78, 5) is 29.6. The monoisotopic (exact) mass is 371 g/mol. The number of benzene rings is 1. The number of hydrogen-bond acceptors (Lipinski definition) is 6. The van der Waals surface area contributed by atoms with Crippen molar-refractivity contribution in [2.45, 2.75) is 32.2 Å². The summed E-state index contributed by atoms with van der Waals surface area (Å²) in [6.07, 6.45) is 3.33. The molecule has 1 aromatic carbocycles. The normalized spacial score (nSPS) is 21.0. The Balaban J connectivity index is 1.60. The molecule has 0 saturated carbocycles. The number of anilines is 1. The van der Waals surface area contributed by atoms with Gasteiger partial charge in [-0.15, -0.1) is 0 Å². The molecule has 0 radical (unpaired) electrons. The van der Waals surface area contributed by atoms with E-state index in [4.69, 9.17) is 5.26 Å². The first-order chi connectivity index (χ1) is 13.0. The molecule has 1 atom stereocenters. The molecule has 1 aromatic rings. The number of nitriles is 1. The summed E-state index contributed by atoms with van der Waals surface area (Å²) >= 11 is 0. The molecule has 0 bridgehead atoms. The number of piperazine rings is 1. The molecule has 27 heavy (non-hydrogen) atoms. The minimum Gasteiger partial charge on any atom is -0.363 e. The Hall–Kier alpha value is -2.66. The van der Waals surface area contributed by atoms with Gasteiger partial charge >= 0.3 is 0 Å². The number of carbonyl (C=O) groups excluding carboxylic acids is 1. The number of nitro benzene ring substituents is 1. The van der Waals surface area contributed by atoms with Crippen molar-refractivity contribution < 1.29 is 9.72 Å². The zero-order chi connectivity index (χ0) is 19.4. The molecule has 0 aliphatic carbocycles. The van der Waals surface area contributed by atoms with Gasteiger partial charge in [0.05, 0.1) is 23.1 Å². The second-order valence-electron chi connectivity index (χ2n) is 7.27. The Morgan fingerprint density at radius 2 is 2.00 bits per heavy atom. The molecule has 2 aliphatic heterocycles. The van der Waals surface area contributed by atoms with E-state index in [2.05, 4.69) is 11.8 Å². The number of nitro groups is 1. The first kappa shape index (κ1) is 19.1. The molecule has 2 saturated heterocycles. The summed E-state index contributed by atoms with van der Waals surface area (Å²) in [6, 6.07) is 6.83. The van der Waals surface area contributed by atoms with Gasteiger partial charge in [0.15, 0.2) is 0 Å². The van der Waals surface area contributed by atoms with Crippen molar-refractivity contribution in [2.24, 2.45) is 0 Å². The van der Waals surface area contributed by atoms with Crippen LogP contribution in [0.5, 0.6) is 0 Å². The minimum absolute atomic E-state index is 0.0410. The van der Waals surface area contributed by atoms with Crippen molar-refractivity contribution in [3.8, 4) is 6.07 Å². The lowest BCUT2D eigenvalue weighted by atomic mass is 10.0. The zero-order valence-electron chi connectivity index (χ0n) is 15.6. The van der Waals surface area contributed by atoms with Crippen LogP contribution in [0.4, 0.5) is 11.4 Å². The largest absolute Gasteiger partial charge is 0.363 e. The van der Waals surface area contributed by atoms with E-state index in [1.807, 2.05) is 15.9 Å². The van der Waals surface area contributed by atoms with Crippen molar-refractivity contribution in [3.05, 3.63) is 33.9 Å². The number of carbonyl (C=O) groups is 1. The van der Waals surface area contributed by atoms with Gasteiger partial charge in [-0.1, -0.05) is 0 Å². The van der Waals surface area contributed by atoms with Crippen molar-refractivity contribution in [1.82, 2.24) is 9.80 Å². The van der Waals surface area contributed by atoms with Gasteiger partial charge in [-0.05, 0) is 38.3 Å². The summed E-state index contributed by atoms with van der Waals surface area (Å²) in [5, 5.41) is 20.3. The summed E-state index contributed by atoms with van der Waals surface area (Å²) in [6.45, 7) is 5.98. The highest BCUT2D eigenvalue weighted by Crippen LogP contribution is 2.30. The second-order valence-corrected chi connectivity index (χ2v) is 7.27. The van der Waals surface area contributed by atoms with Crippen molar-refractivity contribution in [1.29, 1.82) is 5.26 Å². The predicted molar refractivity (Wildman–Crippen MR) is 101 cm³/mol. The molecule has 8 nitrogen and oxygen atoms in total. The van der Waals surface area contributed by atoms with Crippen LogP contribution in [0.3, 0.4) is 0 Å². The van der Waals surface area contributed by atoms with Crippen LogP contribution in [-0.4, -0.2) is 65.9 Å². The van der Waals surface area contributed by atoms with Crippen LogP contribution >= 0.6 is 0 Å². The number of amides is 1. The van der Waals surface area contributed by atoms with E-state index in [-0.39, 0.29) is 17.2 Å². The maximum Gasteiger partial charge on any atom is 0.293 e. The molecular weight excluding hydrogens is 346 g/mol. The molecule has 0 N–H and O–H groups in total. The highest BCUT2D eigenvalue weighted by molar-refractivity contribution is 5.78. The number of likely N-dealkylation sites (tertiary alicyclic amines) is 1. The molecule has 144 valence electrons. The van der Waals surface area contributed by atoms with Crippen molar-refractivity contribution in [3.63, 3.8) is 0 Å². The Morgan fingerprint density at radius 1 is 1.26 bits per heavy atom. The van der Waals surface area contributed by atoms with Gasteiger partial charge in [0.2, 0.25) is 5.91 Å². The molecule has 1 unspecified atom stereocenters. The Labute approximate surface area is 159 Å². The van der Waals surface area contributed by atoms with Crippen LogP contribution in [0.15, 0.2) is 18.2 Å². The zero-order valence-corrected chi connectivity index (χ0v) is 15.6. The van der Waals surface area contributed by atoms with E-state index < -0.39 is 4.92 Å². The summed E-state index contributed by atoms with van der Waals surface area (Å²) in [5.41, 5.74) is 0.778. The second kappa shape index (κ2) is 8.35. The first-order valence-electron chi connectivity index (χ1n) is 9.45. The lowest BCUT2D eigenvalue weighted by molar-refractivity contribution is -0.384. The third kappa shape index (κ3) is 4.37.